The lowest BCUT2D eigenvalue weighted by molar-refractivity contribution is 0.207. The van der Waals surface area contributed by atoms with Crippen LogP contribution in [0.3, 0.4) is 0 Å². The molecule has 0 spiro atoms. The van der Waals surface area contributed by atoms with Crippen molar-refractivity contribution in [2.45, 2.75) is 13.0 Å². The van der Waals surface area contributed by atoms with Gasteiger partial charge < -0.3 is 15.0 Å². The molecule has 1 N–H and O–H groups in total. The summed E-state index contributed by atoms with van der Waals surface area (Å²) in [6.07, 6.45) is 0.774. The molecule has 4 rings (SSSR count). The Hall–Kier alpha value is -2.38. The molecule has 5 nitrogen and oxygen atoms in total. The zero-order chi connectivity index (χ0) is 18.8. The molecular weight excluding hydrogens is 426 g/mol. The van der Waals surface area contributed by atoms with Crippen LogP contribution in [0.4, 0.5) is 10.5 Å². The van der Waals surface area contributed by atoms with E-state index in [2.05, 4.69) is 21.2 Å². The SMILES string of the molecule is COc1ccc(-c2nc3c(s2)CN(C(=O)Nc2ccc(Br)cc2)CC3)cc1. The van der Waals surface area contributed by atoms with Crippen LogP contribution in [0, 0.1) is 0 Å². The van der Waals surface area contributed by atoms with Crippen molar-refractivity contribution < 1.29 is 9.53 Å². The molecule has 0 saturated heterocycles. The number of methoxy groups -OCH3 is 1. The van der Waals surface area contributed by atoms with Crippen molar-refractivity contribution in [1.29, 1.82) is 0 Å². The Balaban J connectivity index is 1.47. The zero-order valence-electron chi connectivity index (χ0n) is 14.7. The second-order valence-electron chi connectivity index (χ2n) is 6.23. The average molecular weight is 444 g/mol. The van der Waals surface area contributed by atoms with Gasteiger partial charge in [0.05, 0.1) is 19.3 Å². The lowest BCUT2D eigenvalue weighted by Crippen LogP contribution is -2.38. The molecule has 27 heavy (non-hydrogen) atoms. The molecule has 2 heterocycles. The highest BCUT2D eigenvalue weighted by atomic mass is 79.9. The number of benzene rings is 2. The van der Waals surface area contributed by atoms with Gasteiger partial charge in [0.1, 0.15) is 10.8 Å². The number of hydrogen-bond acceptors (Lipinski definition) is 4. The molecule has 1 aliphatic heterocycles. The van der Waals surface area contributed by atoms with Crippen molar-refractivity contribution in [2.75, 3.05) is 19.0 Å². The van der Waals surface area contributed by atoms with Crippen LogP contribution in [0.25, 0.3) is 10.6 Å². The van der Waals surface area contributed by atoms with Crippen LogP contribution < -0.4 is 10.1 Å². The smallest absolute Gasteiger partial charge is 0.322 e. The van der Waals surface area contributed by atoms with Gasteiger partial charge in [0.15, 0.2) is 0 Å². The molecule has 0 fully saturated rings. The first kappa shape index (κ1) is 18.0. The summed E-state index contributed by atoms with van der Waals surface area (Å²) in [6, 6.07) is 15.4. The highest BCUT2D eigenvalue weighted by Gasteiger charge is 2.24. The van der Waals surface area contributed by atoms with Gasteiger partial charge in [-0.1, -0.05) is 15.9 Å². The molecule has 2 aromatic carbocycles. The Bertz CT molecular complexity index is 954. The van der Waals surface area contributed by atoms with Gasteiger partial charge in [-0.2, -0.15) is 0 Å². The number of aromatic nitrogens is 1. The van der Waals surface area contributed by atoms with Gasteiger partial charge >= 0.3 is 6.03 Å². The van der Waals surface area contributed by atoms with E-state index in [9.17, 15) is 4.79 Å². The van der Waals surface area contributed by atoms with Crippen LogP contribution in [0.5, 0.6) is 5.75 Å². The first-order valence-corrected chi connectivity index (χ1v) is 10.2. The molecule has 138 valence electrons. The van der Waals surface area contributed by atoms with Crippen LogP contribution in [0.2, 0.25) is 0 Å². The fourth-order valence-corrected chi connectivity index (χ4v) is 4.36. The second kappa shape index (κ2) is 7.70. The number of amides is 2. The highest BCUT2D eigenvalue weighted by molar-refractivity contribution is 9.10. The first-order chi connectivity index (χ1) is 13.1. The summed E-state index contributed by atoms with van der Waals surface area (Å²) in [5, 5.41) is 3.94. The van der Waals surface area contributed by atoms with E-state index < -0.39 is 0 Å². The monoisotopic (exact) mass is 443 g/mol. The summed E-state index contributed by atoms with van der Waals surface area (Å²) >= 11 is 5.05. The molecule has 0 saturated carbocycles. The largest absolute Gasteiger partial charge is 0.497 e. The Kier molecular flexibility index (Phi) is 5.13. The first-order valence-electron chi connectivity index (χ1n) is 8.57. The van der Waals surface area contributed by atoms with Crippen molar-refractivity contribution in [1.82, 2.24) is 9.88 Å². The van der Waals surface area contributed by atoms with Crippen molar-refractivity contribution in [3.8, 4) is 16.3 Å². The molecule has 0 unspecified atom stereocenters. The van der Waals surface area contributed by atoms with Crippen molar-refractivity contribution in [3.05, 3.63) is 63.6 Å². The number of nitrogens with one attached hydrogen (secondary N) is 1. The third-order valence-corrected chi connectivity index (χ3v) is 6.11. The number of carbonyl (C=O) groups excluding carboxylic acids is 1. The van der Waals surface area contributed by atoms with Gasteiger partial charge in [0, 0.05) is 33.6 Å². The lowest BCUT2D eigenvalue weighted by atomic mass is 10.2. The molecule has 1 aromatic heterocycles. The molecule has 0 bridgehead atoms. The molecule has 2 amide bonds. The van der Waals surface area contributed by atoms with E-state index in [0.717, 1.165) is 43.5 Å². The normalized spacial score (nSPS) is 13.2. The van der Waals surface area contributed by atoms with Crippen molar-refractivity contribution >= 4 is 39.0 Å². The maximum atomic E-state index is 12.6. The van der Waals surface area contributed by atoms with Crippen LogP contribution in [0.1, 0.15) is 10.6 Å². The number of nitrogens with zero attached hydrogens (tertiary/aromatic N) is 2. The van der Waals surface area contributed by atoms with E-state index in [1.54, 1.807) is 18.4 Å². The van der Waals surface area contributed by atoms with E-state index in [1.807, 2.05) is 53.4 Å². The van der Waals surface area contributed by atoms with Crippen LogP contribution in [-0.2, 0) is 13.0 Å². The summed E-state index contributed by atoms with van der Waals surface area (Å²) in [6.45, 7) is 1.26. The van der Waals surface area contributed by atoms with Gasteiger partial charge in [-0.3, -0.25) is 0 Å². The summed E-state index contributed by atoms with van der Waals surface area (Å²) in [4.78, 5) is 20.3. The standard InChI is InChI=1S/C20H18BrN3O2S/c1-26-16-8-2-13(3-9-16)19-23-17-10-11-24(12-18(17)27-19)20(25)22-15-6-4-14(21)5-7-15/h2-9H,10-12H2,1H3,(H,22,25). The molecule has 0 radical (unpaired) electrons. The van der Waals surface area contributed by atoms with Crippen molar-refractivity contribution in [2.24, 2.45) is 0 Å². The Labute approximate surface area is 170 Å². The van der Waals surface area contributed by atoms with E-state index in [-0.39, 0.29) is 6.03 Å². The Morgan fingerprint density at radius 2 is 1.93 bits per heavy atom. The summed E-state index contributed by atoms with van der Waals surface area (Å²) < 4.78 is 6.20. The van der Waals surface area contributed by atoms with Crippen LogP contribution >= 0.6 is 27.3 Å². The molecular formula is C20H18BrN3O2S. The zero-order valence-corrected chi connectivity index (χ0v) is 17.1. The van der Waals surface area contributed by atoms with Gasteiger partial charge in [0.25, 0.3) is 0 Å². The highest BCUT2D eigenvalue weighted by Crippen LogP contribution is 2.32. The lowest BCUT2D eigenvalue weighted by Gasteiger charge is -2.26. The minimum atomic E-state index is -0.0811. The number of carbonyl (C=O) groups is 1. The van der Waals surface area contributed by atoms with Gasteiger partial charge in [0.2, 0.25) is 0 Å². The number of thiazole rings is 1. The van der Waals surface area contributed by atoms with Crippen molar-refractivity contribution in [3.63, 3.8) is 0 Å². The molecule has 3 aromatic rings. The van der Waals surface area contributed by atoms with Gasteiger partial charge in [-0.25, -0.2) is 9.78 Å². The maximum Gasteiger partial charge on any atom is 0.322 e. The summed E-state index contributed by atoms with van der Waals surface area (Å²) in [7, 11) is 1.66. The molecule has 7 heteroatoms. The number of rotatable bonds is 3. The van der Waals surface area contributed by atoms with E-state index in [1.165, 1.54) is 0 Å². The number of hydrogen-bond donors (Lipinski definition) is 1. The van der Waals surface area contributed by atoms with E-state index >= 15 is 0 Å². The Morgan fingerprint density at radius 3 is 2.63 bits per heavy atom. The number of anilines is 1. The predicted octanol–water partition coefficient (Wildman–Crippen LogP) is 5.17. The molecule has 0 atom stereocenters. The minimum absolute atomic E-state index is 0.0811. The summed E-state index contributed by atoms with van der Waals surface area (Å²) in [5.74, 6) is 0.829. The van der Waals surface area contributed by atoms with Crippen LogP contribution in [0.15, 0.2) is 53.0 Å². The second-order valence-corrected chi connectivity index (χ2v) is 8.23. The predicted molar refractivity (Wildman–Crippen MR) is 111 cm³/mol. The number of ether oxygens (including phenoxy) is 1. The third-order valence-electron chi connectivity index (χ3n) is 4.45. The third kappa shape index (κ3) is 3.99. The Morgan fingerprint density at radius 1 is 1.19 bits per heavy atom. The summed E-state index contributed by atoms with van der Waals surface area (Å²) in [5.41, 5.74) is 2.96. The van der Waals surface area contributed by atoms with E-state index in [4.69, 9.17) is 9.72 Å². The number of fused-ring (bicyclic) bond motifs is 1. The number of urea groups is 1. The average Bonchev–Trinajstić information content (AvgIpc) is 3.13. The topological polar surface area (TPSA) is 54.5 Å². The minimum Gasteiger partial charge on any atom is -0.497 e. The van der Waals surface area contributed by atoms with Gasteiger partial charge in [-0.15, -0.1) is 11.3 Å². The molecule has 1 aliphatic rings. The fraction of sp³-hybridized carbons (Fsp3) is 0.200. The number of halogens is 1. The quantitative estimate of drug-likeness (QED) is 0.607. The van der Waals surface area contributed by atoms with Crippen LogP contribution in [-0.4, -0.2) is 29.6 Å². The van der Waals surface area contributed by atoms with Gasteiger partial charge in [-0.05, 0) is 48.5 Å². The molecule has 0 aliphatic carbocycles. The fourth-order valence-electron chi connectivity index (χ4n) is 2.96. The maximum absolute atomic E-state index is 12.6. The van der Waals surface area contributed by atoms with E-state index in [0.29, 0.717) is 13.1 Å².